The molecule has 22 heavy (non-hydrogen) atoms. The van der Waals surface area contributed by atoms with Crippen LogP contribution < -0.4 is 0 Å². The molecule has 2 aromatic heterocycles. The van der Waals surface area contributed by atoms with Crippen LogP contribution in [0.15, 0.2) is 30.0 Å². The Morgan fingerprint density at radius 2 is 2.18 bits per heavy atom. The minimum absolute atomic E-state index is 0.276. The third-order valence-corrected chi connectivity index (χ3v) is 6.08. The summed E-state index contributed by atoms with van der Waals surface area (Å²) in [5, 5.41) is 2.09. The fourth-order valence-corrected chi connectivity index (χ4v) is 4.82. The summed E-state index contributed by atoms with van der Waals surface area (Å²) in [4.78, 5) is 25.0. The van der Waals surface area contributed by atoms with Gasteiger partial charge >= 0.3 is 0 Å². The average molecular weight is 313 g/mol. The van der Waals surface area contributed by atoms with Crippen LogP contribution in [0, 0.1) is 0 Å². The Morgan fingerprint density at radius 1 is 1.32 bits per heavy atom. The van der Waals surface area contributed by atoms with E-state index >= 15 is 0 Å². The fraction of sp³-hybridized carbons (Fsp3) is 0.471. The van der Waals surface area contributed by atoms with Crippen molar-refractivity contribution in [3.05, 3.63) is 46.2 Å². The highest BCUT2D eigenvalue weighted by Gasteiger charge is 2.46. The van der Waals surface area contributed by atoms with Gasteiger partial charge in [-0.25, -0.2) is 9.97 Å². The quantitative estimate of drug-likeness (QED) is 0.856. The van der Waals surface area contributed by atoms with Gasteiger partial charge in [0, 0.05) is 36.1 Å². The van der Waals surface area contributed by atoms with E-state index in [0.29, 0.717) is 12.5 Å². The van der Waals surface area contributed by atoms with Crippen LogP contribution >= 0.6 is 11.3 Å². The van der Waals surface area contributed by atoms with Crippen LogP contribution in [-0.2, 0) is 23.2 Å². The van der Waals surface area contributed by atoms with Crippen LogP contribution in [0.4, 0.5) is 0 Å². The van der Waals surface area contributed by atoms with Gasteiger partial charge in [-0.2, -0.15) is 0 Å². The first-order chi connectivity index (χ1) is 10.8. The molecule has 2 aromatic rings. The highest BCUT2D eigenvalue weighted by Crippen LogP contribution is 2.45. The monoisotopic (exact) mass is 313 g/mol. The number of rotatable bonds is 2. The fourth-order valence-electron chi connectivity index (χ4n) is 3.84. The normalized spacial score (nSPS) is 19.9. The molecule has 5 heteroatoms. The van der Waals surface area contributed by atoms with Crippen LogP contribution in [0.3, 0.4) is 0 Å². The maximum Gasteiger partial charge on any atom is 0.234 e. The minimum atomic E-state index is -0.276. The van der Waals surface area contributed by atoms with E-state index in [9.17, 15) is 4.79 Å². The second-order valence-electron chi connectivity index (χ2n) is 6.24. The molecule has 1 amide bonds. The van der Waals surface area contributed by atoms with Crippen LogP contribution in [0.5, 0.6) is 0 Å². The van der Waals surface area contributed by atoms with Gasteiger partial charge in [0.2, 0.25) is 5.91 Å². The Balaban J connectivity index is 1.64. The van der Waals surface area contributed by atoms with Gasteiger partial charge < -0.3 is 4.90 Å². The van der Waals surface area contributed by atoms with Crippen molar-refractivity contribution in [2.24, 2.45) is 0 Å². The van der Waals surface area contributed by atoms with Gasteiger partial charge in [0.15, 0.2) is 0 Å². The van der Waals surface area contributed by atoms with Crippen molar-refractivity contribution in [2.75, 3.05) is 6.54 Å². The van der Waals surface area contributed by atoms with Crippen LogP contribution in [0.1, 0.15) is 41.8 Å². The molecule has 0 N–H and O–H groups in total. The van der Waals surface area contributed by atoms with Gasteiger partial charge in [-0.05, 0) is 24.3 Å². The Kier molecular flexibility index (Phi) is 3.45. The van der Waals surface area contributed by atoms with E-state index in [1.54, 1.807) is 17.7 Å². The number of fused-ring (bicyclic) bond motifs is 1. The molecule has 1 fully saturated rings. The predicted octanol–water partition coefficient (Wildman–Crippen LogP) is 2.93. The number of aromatic nitrogens is 2. The summed E-state index contributed by atoms with van der Waals surface area (Å²) in [6.45, 7) is 1.43. The van der Waals surface area contributed by atoms with Crippen LogP contribution in [0.2, 0.25) is 0 Å². The predicted molar refractivity (Wildman–Crippen MR) is 85.6 cm³/mol. The highest BCUT2D eigenvalue weighted by molar-refractivity contribution is 7.10. The summed E-state index contributed by atoms with van der Waals surface area (Å²) >= 11 is 1.72. The van der Waals surface area contributed by atoms with E-state index in [1.807, 2.05) is 11.1 Å². The van der Waals surface area contributed by atoms with Crippen molar-refractivity contribution in [1.82, 2.24) is 14.9 Å². The van der Waals surface area contributed by atoms with Crippen LogP contribution in [0.25, 0.3) is 0 Å². The smallest absolute Gasteiger partial charge is 0.234 e. The zero-order valence-corrected chi connectivity index (χ0v) is 13.3. The number of carbonyl (C=O) groups is 1. The molecule has 2 aliphatic rings. The maximum absolute atomic E-state index is 13.3. The third kappa shape index (κ3) is 2.15. The first kappa shape index (κ1) is 13.9. The van der Waals surface area contributed by atoms with E-state index in [2.05, 4.69) is 27.5 Å². The summed E-state index contributed by atoms with van der Waals surface area (Å²) in [5.41, 5.74) is 1.92. The van der Waals surface area contributed by atoms with Gasteiger partial charge in [0.1, 0.15) is 6.33 Å². The first-order valence-corrected chi connectivity index (χ1v) is 8.79. The molecule has 0 spiro atoms. The van der Waals surface area contributed by atoms with E-state index in [1.165, 1.54) is 4.88 Å². The van der Waals surface area contributed by atoms with Crippen molar-refractivity contribution < 1.29 is 4.79 Å². The Morgan fingerprint density at radius 3 is 2.95 bits per heavy atom. The lowest BCUT2D eigenvalue weighted by atomic mass is 9.82. The minimum Gasteiger partial charge on any atom is -0.337 e. The molecule has 0 bridgehead atoms. The standard InChI is InChI=1S/C17H19N3OS/c21-16(17(6-1-2-7-17)15-4-3-9-22-15)20-8-5-14-13(11-20)10-18-12-19-14/h3-4,9-10,12H,1-2,5-8,11H2. The molecule has 1 aliphatic heterocycles. The molecular weight excluding hydrogens is 294 g/mol. The molecule has 0 radical (unpaired) electrons. The molecular formula is C17H19N3OS. The summed E-state index contributed by atoms with van der Waals surface area (Å²) < 4.78 is 0. The van der Waals surface area contributed by atoms with Gasteiger partial charge in [-0.1, -0.05) is 18.9 Å². The number of amides is 1. The molecule has 0 aromatic carbocycles. The number of thiophene rings is 1. The van der Waals surface area contributed by atoms with Crippen molar-refractivity contribution in [3.63, 3.8) is 0 Å². The van der Waals surface area contributed by atoms with Gasteiger partial charge in [0.25, 0.3) is 0 Å². The van der Waals surface area contributed by atoms with Crippen molar-refractivity contribution in [3.8, 4) is 0 Å². The first-order valence-electron chi connectivity index (χ1n) is 7.91. The number of nitrogens with zero attached hydrogens (tertiary/aromatic N) is 3. The lowest BCUT2D eigenvalue weighted by Gasteiger charge is -2.36. The van der Waals surface area contributed by atoms with E-state index in [4.69, 9.17) is 0 Å². The molecule has 114 valence electrons. The molecule has 1 aliphatic carbocycles. The maximum atomic E-state index is 13.3. The Labute approximate surface area is 134 Å². The van der Waals surface area contributed by atoms with Gasteiger partial charge in [-0.15, -0.1) is 11.3 Å². The van der Waals surface area contributed by atoms with E-state index in [-0.39, 0.29) is 5.41 Å². The number of hydrogen-bond acceptors (Lipinski definition) is 4. The highest BCUT2D eigenvalue weighted by atomic mass is 32.1. The summed E-state index contributed by atoms with van der Waals surface area (Å²) in [6, 6.07) is 4.20. The SMILES string of the molecule is O=C(N1CCc2ncncc2C1)C1(c2cccs2)CCCC1. The van der Waals surface area contributed by atoms with E-state index < -0.39 is 0 Å². The van der Waals surface area contributed by atoms with Crippen molar-refractivity contribution in [1.29, 1.82) is 0 Å². The zero-order chi connectivity index (χ0) is 15.0. The van der Waals surface area contributed by atoms with Crippen LogP contribution in [-0.4, -0.2) is 27.3 Å². The second kappa shape index (κ2) is 5.47. The number of hydrogen-bond donors (Lipinski definition) is 0. The second-order valence-corrected chi connectivity index (χ2v) is 7.19. The lowest BCUT2D eigenvalue weighted by molar-refractivity contribution is -0.138. The van der Waals surface area contributed by atoms with Crippen molar-refractivity contribution in [2.45, 2.75) is 44.1 Å². The lowest BCUT2D eigenvalue weighted by Crippen LogP contribution is -2.47. The Bertz CT molecular complexity index is 677. The molecule has 3 heterocycles. The Hall–Kier alpha value is -1.75. The number of carbonyl (C=O) groups excluding carboxylic acids is 1. The summed E-state index contributed by atoms with van der Waals surface area (Å²) in [6.07, 6.45) is 8.56. The summed E-state index contributed by atoms with van der Waals surface area (Å²) in [5.74, 6) is 0.307. The zero-order valence-electron chi connectivity index (χ0n) is 12.5. The molecule has 4 nitrogen and oxygen atoms in total. The largest absolute Gasteiger partial charge is 0.337 e. The third-order valence-electron chi connectivity index (χ3n) is 5.01. The molecule has 0 unspecified atom stereocenters. The molecule has 4 rings (SSSR count). The van der Waals surface area contributed by atoms with Gasteiger partial charge in [-0.3, -0.25) is 4.79 Å². The van der Waals surface area contributed by atoms with Crippen molar-refractivity contribution >= 4 is 17.2 Å². The van der Waals surface area contributed by atoms with Gasteiger partial charge in [0.05, 0.1) is 11.1 Å². The topological polar surface area (TPSA) is 46.1 Å². The molecule has 1 saturated carbocycles. The molecule has 0 atom stereocenters. The van der Waals surface area contributed by atoms with E-state index in [0.717, 1.165) is 49.9 Å². The average Bonchev–Trinajstić information content (AvgIpc) is 3.25. The molecule has 0 saturated heterocycles. The summed E-state index contributed by atoms with van der Waals surface area (Å²) in [7, 11) is 0.